The first-order valence-electron chi connectivity index (χ1n) is 5.03. The molecule has 1 aromatic heterocycles. The van der Waals surface area contributed by atoms with Gasteiger partial charge in [-0.25, -0.2) is 4.98 Å². The third-order valence-electron chi connectivity index (χ3n) is 2.56. The zero-order chi connectivity index (χ0) is 9.97. The minimum atomic E-state index is 0.501. The SMILES string of the molecule is Cc1cnc(N2CCNC[C@H]2C)cn1. The molecule has 0 aromatic carbocycles. The van der Waals surface area contributed by atoms with Crippen molar-refractivity contribution in [3.63, 3.8) is 0 Å². The molecule has 1 fully saturated rings. The summed E-state index contributed by atoms with van der Waals surface area (Å²) in [5.41, 5.74) is 0.969. The molecule has 0 bridgehead atoms. The van der Waals surface area contributed by atoms with Crippen LogP contribution in [0.3, 0.4) is 0 Å². The number of hydrogen-bond donors (Lipinski definition) is 1. The van der Waals surface area contributed by atoms with Crippen LogP contribution in [-0.4, -0.2) is 35.6 Å². The maximum atomic E-state index is 4.39. The summed E-state index contributed by atoms with van der Waals surface area (Å²) in [6.07, 6.45) is 3.68. The Morgan fingerprint density at radius 1 is 1.43 bits per heavy atom. The first-order valence-corrected chi connectivity index (χ1v) is 5.03. The lowest BCUT2D eigenvalue weighted by Crippen LogP contribution is -2.50. The van der Waals surface area contributed by atoms with E-state index in [1.807, 2.05) is 19.3 Å². The highest BCUT2D eigenvalue weighted by molar-refractivity contribution is 5.37. The molecule has 76 valence electrons. The molecule has 2 rings (SSSR count). The van der Waals surface area contributed by atoms with Gasteiger partial charge in [0.1, 0.15) is 5.82 Å². The van der Waals surface area contributed by atoms with Crippen molar-refractivity contribution < 1.29 is 0 Å². The van der Waals surface area contributed by atoms with E-state index in [9.17, 15) is 0 Å². The van der Waals surface area contributed by atoms with Crippen molar-refractivity contribution in [1.82, 2.24) is 15.3 Å². The molecule has 1 aromatic rings. The van der Waals surface area contributed by atoms with Gasteiger partial charge in [-0.1, -0.05) is 0 Å². The third kappa shape index (κ3) is 1.85. The van der Waals surface area contributed by atoms with E-state index in [0.717, 1.165) is 31.1 Å². The van der Waals surface area contributed by atoms with Crippen LogP contribution in [0.2, 0.25) is 0 Å². The molecule has 1 N–H and O–H groups in total. The first-order chi connectivity index (χ1) is 6.77. The van der Waals surface area contributed by atoms with Gasteiger partial charge in [0.2, 0.25) is 0 Å². The summed E-state index contributed by atoms with van der Waals surface area (Å²) in [7, 11) is 0. The van der Waals surface area contributed by atoms with Gasteiger partial charge in [0, 0.05) is 25.7 Å². The highest BCUT2D eigenvalue weighted by Crippen LogP contribution is 2.13. The molecule has 0 unspecified atom stereocenters. The second-order valence-corrected chi connectivity index (χ2v) is 3.76. The molecule has 1 atom stereocenters. The van der Waals surface area contributed by atoms with Crippen molar-refractivity contribution >= 4 is 5.82 Å². The van der Waals surface area contributed by atoms with Crippen LogP contribution in [0.4, 0.5) is 5.82 Å². The molecule has 0 aliphatic carbocycles. The van der Waals surface area contributed by atoms with Gasteiger partial charge in [0.25, 0.3) is 0 Å². The Hall–Kier alpha value is -1.16. The summed E-state index contributed by atoms with van der Waals surface area (Å²) < 4.78 is 0. The fourth-order valence-electron chi connectivity index (χ4n) is 1.72. The molecule has 0 saturated carbocycles. The maximum absolute atomic E-state index is 4.39. The van der Waals surface area contributed by atoms with Crippen LogP contribution >= 0.6 is 0 Å². The van der Waals surface area contributed by atoms with Crippen molar-refractivity contribution in [2.45, 2.75) is 19.9 Å². The van der Waals surface area contributed by atoms with E-state index in [1.165, 1.54) is 0 Å². The summed E-state index contributed by atoms with van der Waals surface area (Å²) in [6.45, 7) is 7.22. The number of piperazine rings is 1. The molecular formula is C10H16N4. The molecule has 1 saturated heterocycles. The molecule has 0 radical (unpaired) electrons. The Kier molecular flexibility index (Phi) is 2.63. The molecule has 1 aliphatic heterocycles. The summed E-state index contributed by atoms with van der Waals surface area (Å²) in [4.78, 5) is 10.9. The van der Waals surface area contributed by atoms with Gasteiger partial charge in [-0.3, -0.25) is 4.98 Å². The first kappa shape index (κ1) is 9.40. The minimum absolute atomic E-state index is 0.501. The smallest absolute Gasteiger partial charge is 0.147 e. The van der Waals surface area contributed by atoms with Crippen LogP contribution in [-0.2, 0) is 0 Å². The van der Waals surface area contributed by atoms with E-state index in [0.29, 0.717) is 6.04 Å². The van der Waals surface area contributed by atoms with Crippen molar-refractivity contribution in [1.29, 1.82) is 0 Å². The second-order valence-electron chi connectivity index (χ2n) is 3.76. The molecule has 14 heavy (non-hydrogen) atoms. The lowest BCUT2D eigenvalue weighted by Gasteiger charge is -2.34. The van der Waals surface area contributed by atoms with Crippen LogP contribution in [0.15, 0.2) is 12.4 Å². The normalized spacial score (nSPS) is 22.4. The van der Waals surface area contributed by atoms with Crippen LogP contribution in [0, 0.1) is 6.92 Å². The Labute approximate surface area is 84.4 Å². The van der Waals surface area contributed by atoms with E-state index in [1.54, 1.807) is 0 Å². The predicted molar refractivity (Wildman–Crippen MR) is 56.4 cm³/mol. The average molecular weight is 192 g/mol. The number of nitrogens with zero attached hydrogens (tertiary/aromatic N) is 3. The second kappa shape index (κ2) is 3.92. The summed E-state index contributed by atoms with van der Waals surface area (Å²) in [5, 5.41) is 3.36. The van der Waals surface area contributed by atoms with Crippen LogP contribution in [0.5, 0.6) is 0 Å². The van der Waals surface area contributed by atoms with Crippen LogP contribution < -0.4 is 10.2 Å². The third-order valence-corrected chi connectivity index (χ3v) is 2.56. The van der Waals surface area contributed by atoms with E-state index in [-0.39, 0.29) is 0 Å². The highest BCUT2D eigenvalue weighted by atomic mass is 15.3. The topological polar surface area (TPSA) is 41.1 Å². The standard InChI is InChI=1S/C10H16N4/c1-8-5-13-10(7-12-8)14-4-3-11-6-9(14)2/h5,7,9,11H,3-4,6H2,1-2H3/t9-/m1/s1. The Morgan fingerprint density at radius 3 is 2.93 bits per heavy atom. The fraction of sp³-hybridized carbons (Fsp3) is 0.600. The van der Waals surface area contributed by atoms with Crippen molar-refractivity contribution in [2.75, 3.05) is 24.5 Å². The minimum Gasteiger partial charge on any atom is -0.350 e. The zero-order valence-electron chi connectivity index (χ0n) is 8.70. The largest absolute Gasteiger partial charge is 0.350 e. The van der Waals surface area contributed by atoms with Crippen molar-refractivity contribution in [2.24, 2.45) is 0 Å². The molecular weight excluding hydrogens is 176 g/mol. The molecule has 4 nitrogen and oxygen atoms in total. The van der Waals surface area contributed by atoms with E-state index in [2.05, 4.69) is 27.1 Å². The predicted octanol–water partition coefficient (Wildman–Crippen LogP) is 0.583. The van der Waals surface area contributed by atoms with Crippen LogP contribution in [0.1, 0.15) is 12.6 Å². The Morgan fingerprint density at radius 2 is 2.29 bits per heavy atom. The number of rotatable bonds is 1. The van der Waals surface area contributed by atoms with E-state index in [4.69, 9.17) is 0 Å². The molecule has 0 amide bonds. The number of anilines is 1. The number of aromatic nitrogens is 2. The van der Waals surface area contributed by atoms with Gasteiger partial charge in [-0.2, -0.15) is 0 Å². The van der Waals surface area contributed by atoms with E-state index < -0.39 is 0 Å². The van der Waals surface area contributed by atoms with Crippen molar-refractivity contribution in [3.8, 4) is 0 Å². The Balaban J connectivity index is 2.16. The van der Waals surface area contributed by atoms with Gasteiger partial charge in [-0.05, 0) is 13.8 Å². The lowest BCUT2D eigenvalue weighted by molar-refractivity contribution is 0.496. The quantitative estimate of drug-likeness (QED) is 0.707. The Bertz CT molecular complexity index is 295. The van der Waals surface area contributed by atoms with E-state index >= 15 is 0 Å². The van der Waals surface area contributed by atoms with Gasteiger partial charge in [-0.15, -0.1) is 0 Å². The average Bonchev–Trinajstić information content (AvgIpc) is 2.20. The van der Waals surface area contributed by atoms with Crippen LogP contribution in [0.25, 0.3) is 0 Å². The van der Waals surface area contributed by atoms with Gasteiger partial charge < -0.3 is 10.2 Å². The summed E-state index contributed by atoms with van der Waals surface area (Å²) in [6, 6.07) is 0.501. The van der Waals surface area contributed by atoms with Crippen molar-refractivity contribution in [3.05, 3.63) is 18.1 Å². The molecule has 1 aliphatic rings. The molecule has 4 heteroatoms. The lowest BCUT2D eigenvalue weighted by atomic mass is 10.2. The highest BCUT2D eigenvalue weighted by Gasteiger charge is 2.18. The maximum Gasteiger partial charge on any atom is 0.147 e. The zero-order valence-corrected chi connectivity index (χ0v) is 8.70. The summed E-state index contributed by atoms with van der Waals surface area (Å²) in [5.74, 6) is 0.990. The summed E-state index contributed by atoms with van der Waals surface area (Å²) >= 11 is 0. The number of hydrogen-bond acceptors (Lipinski definition) is 4. The van der Waals surface area contributed by atoms with Gasteiger partial charge >= 0.3 is 0 Å². The van der Waals surface area contributed by atoms with Gasteiger partial charge in [0.15, 0.2) is 0 Å². The molecule has 0 spiro atoms. The number of aryl methyl sites for hydroxylation is 1. The fourth-order valence-corrected chi connectivity index (χ4v) is 1.72. The van der Waals surface area contributed by atoms with Gasteiger partial charge in [0.05, 0.1) is 18.1 Å². The molecule has 2 heterocycles. The monoisotopic (exact) mass is 192 g/mol. The number of nitrogens with one attached hydrogen (secondary N) is 1.